The average molecular weight is 238 g/mol. The van der Waals surface area contributed by atoms with Crippen molar-refractivity contribution in [2.45, 2.75) is 39.3 Å². The van der Waals surface area contributed by atoms with Crippen molar-refractivity contribution in [3.05, 3.63) is 24.2 Å². The molecule has 0 fully saturated rings. The Morgan fingerprint density at radius 2 is 2.00 bits per heavy atom. The molecule has 0 aliphatic carbocycles. The maximum Gasteiger partial charge on any atom is 0.229 e. The standard InChI is InChI=1S/C12H18N2O3/c1-12(2,3)14-11(16)7-10(15)13-8-9-5-4-6-17-9/h4-6H,7-8H2,1-3H3,(H,13,15)(H,14,16). The molecule has 0 radical (unpaired) electrons. The van der Waals surface area contributed by atoms with Crippen LogP contribution in [0.3, 0.4) is 0 Å². The van der Waals surface area contributed by atoms with Crippen LogP contribution in [0.5, 0.6) is 0 Å². The van der Waals surface area contributed by atoms with Crippen molar-refractivity contribution < 1.29 is 14.0 Å². The van der Waals surface area contributed by atoms with E-state index in [2.05, 4.69) is 10.6 Å². The highest BCUT2D eigenvalue weighted by Gasteiger charge is 2.16. The third kappa shape index (κ3) is 5.75. The van der Waals surface area contributed by atoms with Crippen LogP contribution in [0.25, 0.3) is 0 Å². The fraction of sp³-hybridized carbons (Fsp3) is 0.500. The lowest BCUT2D eigenvalue weighted by Gasteiger charge is -2.20. The predicted molar refractivity (Wildman–Crippen MR) is 63.1 cm³/mol. The number of carbonyl (C=O) groups excluding carboxylic acids is 2. The zero-order chi connectivity index (χ0) is 12.9. The van der Waals surface area contributed by atoms with Crippen LogP contribution >= 0.6 is 0 Å². The lowest BCUT2D eigenvalue weighted by atomic mass is 10.1. The van der Waals surface area contributed by atoms with Crippen LogP contribution in [-0.2, 0) is 16.1 Å². The van der Waals surface area contributed by atoms with Gasteiger partial charge in [0.05, 0.1) is 12.8 Å². The Bertz CT molecular complexity index is 377. The fourth-order valence-electron chi connectivity index (χ4n) is 1.27. The molecule has 0 spiro atoms. The Labute approximate surface area is 101 Å². The van der Waals surface area contributed by atoms with E-state index >= 15 is 0 Å². The number of rotatable bonds is 4. The molecule has 5 heteroatoms. The van der Waals surface area contributed by atoms with E-state index in [1.165, 1.54) is 6.26 Å². The highest BCUT2D eigenvalue weighted by Crippen LogP contribution is 2.00. The maximum atomic E-state index is 11.4. The lowest BCUT2D eigenvalue weighted by Crippen LogP contribution is -2.42. The van der Waals surface area contributed by atoms with E-state index in [9.17, 15) is 9.59 Å². The van der Waals surface area contributed by atoms with Crippen molar-refractivity contribution in [1.29, 1.82) is 0 Å². The van der Waals surface area contributed by atoms with E-state index in [1.54, 1.807) is 12.1 Å². The van der Waals surface area contributed by atoms with Gasteiger partial charge in [-0.25, -0.2) is 0 Å². The van der Waals surface area contributed by atoms with E-state index in [0.29, 0.717) is 12.3 Å². The van der Waals surface area contributed by atoms with Gasteiger partial charge in [0.15, 0.2) is 0 Å². The third-order valence-electron chi connectivity index (χ3n) is 1.88. The smallest absolute Gasteiger partial charge is 0.229 e. The van der Waals surface area contributed by atoms with Crippen LogP contribution < -0.4 is 10.6 Å². The van der Waals surface area contributed by atoms with Gasteiger partial charge >= 0.3 is 0 Å². The maximum absolute atomic E-state index is 11.4. The quantitative estimate of drug-likeness (QED) is 0.774. The Kier molecular flexibility index (Phi) is 4.31. The van der Waals surface area contributed by atoms with Crippen LogP contribution in [0.15, 0.2) is 22.8 Å². The predicted octanol–water partition coefficient (Wildman–Crippen LogP) is 1.20. The van der Waals surface area contributed by atoms with E-state index in [0.717, 1.165) is 0 Å². The molecule has 1 rings (SSSR count). The summed E-state index contributed by atoms with van der Waals surface area (Å²) >= 11 is 0. The van der Waals surface area contributed by atoms with Crippen LogP contribution in [0.4, 0.5) is 0 Å². The molecule has 17 heavy (non-hydrogen) atoms. The normalized spacial score (nSPS) is 11.0. The summed E-state index contributed by atoms with van der Waals surface area (Å²) in [4.78, 5) is 22.9. The van der Waals surface area contributed by atoms with E-state index in [1.807, 2.05) is 20.8 Å². The molecule has 94 valence electrons. The molecule has 0 aromatic carbocycles. The van der Waals surface area contributed by atoms with Gasteiger partial charge in [0.25, 0.3) is 0 Å². The second-order valence-corrected chi connectivity index (χ2v) is 4.83. The second kappa shape index (κ2) is 5.52. The van der Waals surface area contributed by atoms with Crippen molar-refractivity contribution in [2.24, 2.45) is 0 Å². The van der Waals surface area contributed by atoms with Gasteiger partial charge in [-0.1, -0.05) is 0 Å². The van der Waals surface area contributed by atoms with Gasteiger partial charge in [-0.05, 0) is 32.9 Å². The first-order valence-electron chi connectivity index (χ1n) is 5.47. The average Bonchev–Trinajstić information content (AvgIpc) is 2.63. The van der Waals surface area contributed by atoms with Gasteiger partial charge < -0.3 is 15.1 Å². The van der Waals surface area contributed by atoms with Gasteiger partial charge in [-0.2, -0.15) is 0 Å². The Morgan fingerprint density at radius 1 is 1.29 bits per heavy atom. The zero-order valence-corrected chi connectivity index (χ0v) is 10.4. The Balaban J connectivity index is 2.27. The van der Waals surface area contributed by atoms with Crippen molar-refractivity contribution in [3.63, 3.8) is 0 Å². The number of amides is 2. The van der Waals surface area contributed by atoms with Crippen molar-refractivity contribution in [1.82, 2.24) is 10.6 Å². The largest absolute Gasteiger partial charge is 0.467 e. The number of nitrogens with one attached hydrogen (secondary N) is 2. The third-order valence-corrected chi connectivity index (χ3v) is 1.88. The second-order valence-electron chi connectivity index (χ2n) is 4.83. The van der Waals surface area contributed by atoms with Crippen LogP contribution in [-0.4, -0.2) is 17.4 Å². The minimum Gasteiger partial charge on any atom is -0.467 e. The number of hydrogen-bond acceptors (Lipinski definition) is 3. The molecular weight excluding hydrogens is 220 g/mol. The summed E-state index contributed by atoms with van der Waals surface area (Å²) in [5.41, 5.74) is -0.321. The van der Waals surface area contributed by atoms with Gasteiger partial charge in [-0.3, -0.25) is 9.59 Å². The van der Waals surface area contributed by atoms with Gasteiger partial charge in [0.2, 0.25) is 11.8 Å². The minimum atomic E-state index is -0.321. The van der Waals surface area contributed by atoms with Gasteiger partial charge in [-0.15, -0.1) is 0 Å². The van der Waals surface area contributed by atoms with Gasteiger partial charge in [0.1, 0.15) is 12.2 Å². The van der Waals surface area contributed by atoms with E-state index in [-0.39, 0.29) is 23.8 Å². The van der Waals surface area contributed by atoms with Crippen LogP contribution in [0.1, 0.15) is 33.0 Å². The van der Waals surface area contributed by atoms with E-state index in [4.69, 9.17) is 4.42 Å². The molecule has 0 bridgehead atoms. The lowest BCUT2D eigenvalue weighted by molar-refractivity contribution is -0.130. The molecular formula is C12H18N2O3. The molecule has 2 amide bonds. The first-order valence-corrected chi connectivity index (χ1v) is 5.47. The van der Waals surface area contributed by atoms with Crippen molar-refractivity contribution in [3.8, 4) is 0 Å². The first kappa shape index (κ1) is 13.3. The molecule has 0 atom stereocenters. The summed E-state index contributed by atoms with van der Waals surface area (Å²) in [6, 6.07) is 3.50. The summed E-state index contributed by atoms with van der Waals surface area (Å²) in [5, 5.41) is 5.33. The molecule has 0 saturated heterocycles. The summed E-state index contributed by atoms with van der Waals surface area (Å²) in [6.07, 6.45) is 1.37. The Morgan fingerprint density at radius 3 is 2.53 bits per heavy atom. The molecule has 2 N–H and O–H groups in total. The first-order chi connectivity index (χ1) is 7.87. The molecule has 1 aromatic rings. The molecule has 0 saturated carbocycles. The SMILES string of the molecule is CC(C)(C)NC(=O)CC(=O)NCc1ccco1. The number of carbonyl (C=O) groups is 2. The number of hydrogen-bond donors (Lipinski definition) is 2. The minimum absolute atomic E-state index is 0.169. The highest BCUT2D eigenvalue weighted by molar-refractivity contribution is 5.97. The monoisotopic (exact) mass is 238 g/mol. The molecule has 0 unspecified atom stereocenters. The fourth-order valence-corrected chi connectivity index (χ4v) is 1.27. The molecule has 5 nitrogen and oxygen atoms in total. The molecule has 0 aliphatic rings. The van der Waals surface area contributed by atoms with Crippen LogP contribution in [0, 0.1) is 0 Å². The van der Waals surface area contributed by atoms with Gasteiger partial charge in [0, 0.05) is 5.54 Å². The molecule has 0 aliphatic heterocycles. The molecule has 1 aromatic heterocycles. The number of furan rings is 1. The Hall–Kier alpha value is -1.78. The molecule has 1 heterocycles. The zero-order valence-electron chi connectivity index (χ0n) is 10.4. The topological polar surface area (TPSA) is 71.3 Å². The van der Waals surface area contributed by atoms with E-state index < -0.39 is 0 Å². The van der Waals surface area contributed by atoms with Crippen molar-refractivity contribution >= 4 is 11.8 Å². The summed E-state index contributed by atoms with van der Waals surface area (Å²) in [7, 11) is 0. The van der Waals surface area contributed by atoms with Crippen LogP contribution in [0.2, 0.25) is 0 Å². The summed E-state index contributed by atoms with van der Waals surface area (Å²) in [5.74, 6) is 0.0622. The highest BCUT2D eigenvalue weighted by atomic mass is 16.3. The summed E-state index contributed by atoms with van der Waals surface area (Å²) < 4.78 is 5.05. The summed E-state index contributed by atoms with van der Waals surface area (Å²) in [6.45, 7) is 5.90. The van der Waals surface area contributed by atoms with Crippen molar-refractivity contribution in [2.75, 3.05) is 0 Å².